The maximum atomic E-state index is 12.1. The van der Waals surface area contributed by atoms with Gasteiger partial charge in [-0.1, -0.05) is 13.8 Å². The number of rotatable bonds is 6. The first-order valence-corrected chi connectivity index (χ1v) is 8.19. The molecular weight excluding hydrogens is 268 g/mol. The first kappa shape index (κ1) is 16.4. The number of piperidine rings is 1. The van der Waals surface area contributed by atoms with E-state index in [0.29, 0.717) is 31.5 Å². The van der Waals surface area contributed by atoms with Crippen molar-refractivity contribution in [3.8, 4) is 0 Å². The first-order valence-electron chi connectivity index (χ1n) is 6.75. The van der Waals surface area contributed by atoms with Crippen LogP contribution in [0.25, 0.3) is 0 Å². The Balaban J connectivity index is 2.45. The van der Waals surface area contributed by atoms with Crippen LogP contribution in [-0.2, 0) is 19.7 Å². The van der Waals surface area contributed by atoms with Crippen molar-refractivity contribution in [1.82, 2.24) is 9.03 Å². The van der Waals surface area contributed by atoms with E-state index in [9.17, 15) is 13.2 Å². The highest BCUT2D eigenvalue weighted by Crippen LogP contribution is 2.22. The van der Waals surface area contributed by atoms with Crippen molar-refractivity contribution in [3.63, 3.8) is 0 Å². The van der Waals surface area contributed by atoms with Crippen LogP contribution in [-0.4, -0.2) is 44.9 Å². The summed E-state index contributed by atoms with van der Waals surface area (Å²) in [5.74, 6) is 0.348. The van der Waals surface area contributed by atoms with Gasteiger partial charge in [0.2, 0.25) is 0 Å². The third kappa shape index (κ3) is 5.46. The molecule has 2 atom stereocenters. The summed E-state index contributed by atoms with van der Waals surface area (Å²) in [6.45, 7) is 7.30. The zero-order valence-corrected chi connectivity index (χ0v) is 12.7. The lowest BCUT2D eigenvalue weighted by Gasteiger charge is -2.33. The number of carbonyl (C=O) groups excluding carboxylic acids is 1. The molecule has 0 spiro atoms. The monoisotopic (exact) mass is 292 g/mol. The van der Waals surface area contributed by atoms with E-state index < -0.39 is 10.2 Å². The maximum absolute atomic E-state index is 12.1. The average Bonchev–Trinajstić information content (AvgIpc) is 2.27. The van der Waals surface area contributed by atoms with E-state index in [-0.39, 0.29) is 18.9 Å². The van der Waals surface area contributed by atoms with Crippen LogP contribution in [0.15, 0.2) is 0 Å². The van der Waals surface area contributed by atoms with Crippen molar-refractivity contribution in [2.45, 2.75) is 33.6 Å². The van der Waals surface area contributed by atoms with Gasteiger partial charge in [-0.2, -0.15) is 12.7 Å². The largest absolute Gasteiger partial charge is 0.466 e. The molecule has 1 rings (SSSR count). The molecule has 0 aromatic carbocycles. The molecule has 0 amide bonds. The average molecular weight is 292 g/mol. The second-order valence-electron chi connectivity index (χ2n) is 5.22. The van der Waals surface area contributed by atoms with Gasteiger partial charge in [-0.25, -0.2) is 4.72 Å². The molecule has 1 fully saturated rings. The van der Waals surface area contributed by atoms with Crippen LogP contribution in [0, 0.1) is 11.8 Å². The number of carbonyl (C=O) groups is 1. The minimum Gasteiger partial charge on any atom is -0.466 e. The van der Waals surface area contributed by atoms with Crippen LogP contribution < -0.4 is 4.72 Å². The highest BCUT2D eigenvalue weighted by molar-refractivity contribution is 7.87. The molecule has 0 bridgehead atoms. The molecular formula is C12H24N2O4S. The normalized spacial score (nSPS) is 25.2. The number of ether oxygens (including phenoxy) is 1. The molecule has 19 heavy (non-hydrogen) atoms. The number of hydrogen-bond donors (Lipinski definition) is 1. The predicted molar refractivity (Wildman–Crippen MR) is 72.7 cm³/mol. The van der Waals surface area contributed by atoms with Crippen LogP contribution >= 0.6 is 0 Å². The Hall–Kier alpha value is -0.660. The molecule has 2 unspecified atom stereocenters. The van der Waals surface area contributed by atoms with E-state index >= 15 is 0 Å². The Bertz CT molecular complexity index is 387. The summed E-state index contributed by atoms with van der Waals surface area (Å²) in [5, 5.41) is 0. The van der Waals surface area contributed by atoms with Gasteiger partial charge >= 0.3 is 5.97 Å². The SMILES string of the molecule is CCOC(=O)CCNS(=O)(=O)N1CC(C)CC(C)C1. The zero-order valence-electron chi connectivity index (χ0n) is 11.9. The fraction of sp³-hybridized carbons (Fsp3) is 0.917. The van der Waals surface area contributed by atoms with Gasteiger partial charge < -0.3 is 4.74 Å². The second kappa shape index (κ2) is 7.21. The van der Waals surface area contributed by atoms with Crippen LogP contribution in [0.4, 0.5) is 0 Å². The van der Waals surface area contributed by atoms with Crippen molar-refractivity contribution in [1.29, 1.82) is 0 Å². The van der Waals surface area contributed by atoms with Crippen molar-refractivity contribution < 1.29 is 17.9 Å². The minimum atomic E-state index is -3.48. The minimum absolute atomic E-state index is 0.0615. The summed E-state index contributed by atoms with van der Waals surface area (Å²) >= 11 is 0. The molecule has 1 heterocycles. The number of nitrogens with one attached hydrogen (secondary N) is 1. The van der Waals surface area contributed by atoms with Gasteiger partial charge in [0.05, 0.1) is 13.0 Å². The molecule has 0 saturated carbocycles. The highest BCUT2D eigenvalue weighted by Gasteiger charge is 2.30. The molecule has 0 aromatic rings. The Kier molecular flexibility index (Phi) is 6.22. The van der Waals surface area contributed by atoms with E-state index in [0.717, 1.165) is 6.42 Å². The zero-order chi connectivity index (χ0) is 14.5. The molecule has 1 aliphatic rings. The number of hydrogen-bond acceptors (Lipinski definition) is 4. The van der Waals surface area contributed by atoms with E-state index in [1.807, 2.05) is 0 Å². The summed E-state index contributed by atoms with van der Waals surface area (Å²) in [4.78, 5) is 11.1. The fourth-order valence-corrected chi connectivity index (χ4v) is 3.85. The lowest BCUT2D eigenvalue weighted by atomic mass is 9.94. The highest BCUT2D eigenvalue weighted by atomic mass is 32.2. The van der Waals surface area contributed by atoms with Gasteiger partial charge in [0.1, 0.15) is 0 Å². The Morgan fingerprint density at radius 3 is 2.42 bits per heavy atom. The smallest absolute Gasteiger partial charge is 0.307 e. The summed E-state index contributed by atoms with van der Waals surface area (Å²) in [6.07, 6.45) is 1.11. The van der Waals surface area contributed by atoms with E-state index in [1.54, 1.807) is 6.92 Å². The Morgan fingerprint density at radius 2 is 1.89 bits per heavy atom. The molecule has 112 valence electrons. The molecule has 0 aliphatic carbocycles. The molecule has 1 saturated heterocycles. The van der Waals surface area contributed by atoms with Gasteiger partial charge in [-0.3, -0.25) is 4.79 Å². The second-order valence-corrected chi connectivity index (χ2v) is 6.97. The van der Waals surface area contributed by atoms with Crippen molar-refractivity contribution in [2.24, 2.45) is 11.8 Å². The Morgan fingerprint density at radius 1 is 1.32 bits per heavy atom. The molecule has 6 nitrogen and oxygen atoms in total. The molecule has 0 radical (unpaired) electrons. The van der Waals surface area contributed by atoms with E-state index in [1.165, 1.54) is 4.31 Å². The quantitative estimate of drug-likeness (QED) is 0.733. The fourth-order valence-electron chi connectivity index (χ4n) is 2.41. The van der Waals surface area contributed by atoms with Crippen LogP contribution in [0.1, 0.15) is 33.6 Å². The van der Waals surface area contributed by atoms with Gasteiger partial charge in [-0.05, 0) is 25.2 Å². The first-order chi connectivity index (χ1) is 8.85. The molecule has 7 heteroatoms. The Labute approximate surface area is 115 Å². The molecule has 0 aromatic heterocycles. The predicted octanol–water partition coefficient (Wildman–Crippen LogP) is 0.752. The van der Waals surface area contributed by atoms with Crippen LogP contribution in [0.5, 0.6) is 0 Å². The summed E-state index contributed by atoms with van der Waals surface area (Å²) < 4.78 is 32.8. The lowest BCUT2D eigenvalue weighted by Crippen LogP contribution is -2.48. The van der Waals surface area contributed by atoms with Crippen LogP contribution in [0.2, 0.25) is 0 Å². The number of esters is 1. The number of nitrogens with zero attached hydrogens (tertiary/aromatic N) is 1. The third-order valence-electron chi connectivity index (χ3n) is 3.09. The summed E-state index contributed by atoms with van der Waals surface area (Å²) in [7, 11) is -3.48. The summed E-state index contributed by atoms with van der Waals surface area (Å²) in [6, 6.07) is 0. The van der Waals surface area contributed by atoms with Gasteiger partial charge in [-0.15, -0.1) is 0 Å². The van der Waals surface area contributed by atoms with E-state index in [4.69, 9.17) is 4.74 Å². The van der Waals surface area contributed by atoms with Crippen molar-refractivity contribution in [3.05, 3.63) is 0 Å². The lowest BCUT2D eigenvalue weighted by molar-refractivity contribution is -0.142. The molecule has 1 aliphatic heterocycles. The van der Waals surface area contributed by atoms with Gasteiger partial charge in [0, 0.05) is 19.6 Å². The maximum Gasteiger partial charge on any atom is 0.307 e. The molecule has 1 N–H and O–H groups in total. The van der Waals surface area contributed by atoms with Gasteiger partial charge in [0.25, 0.3) is 10.2 Å². The van der Waals surface area contributed by atoms with Gasteiger partial charge in [0.15, 0.2) is 0 Å². The van der Waals surface area contributed by atoms with Crippen LogP contribution in [0.3, 0.4) is 0 Å². The summed E-state index contributed by atoms with van der Waals surface area (Å²) in [5.41, 5.74) is 0. The van der Waals surface area contributed by atoms with E-state index in [2.05, 4.69) is 18.6 Å². The van der Waals surface area contributed by atoms with Crippen molar-refractivity contribution in [2.75, 3.05) is 26.2 Å². The third-order valence-corrected chi connectivity index (χ3v) is 4.64. The van der Waals surface area contributed by atoms with Crippen molar-refractivity contribution >= 4 is 16.2 Å². The topological polar surface area (TPSA) is 75.7 Å². The standard InChI is InChI=1S/C12H24N2O4S/c1-4-18-12(15)5-6-13-19(16,17)14-8-10(2)7-11(3)9-14/h10-11,13H,4-9H2,1-3H3.